The van der Waals surface area contributed by atoms with E-state index < -0.39 is 17.7 Å². The third kappa shape index (κ3) is 6.04. The summed E-state index contributed by atoms with van der Waals surface area (Å²) in [7, 11) is 0. The summed E-state index contributed by atoms with van der Waals surface area (Å²) in [4.78, 5) is 32.1. The molecule has 0 bridgehead atoms. The standard InChI is InChI=1S/C24H26N4O4/c1-6-16-11-19-21(20(12-16)31-15(2)29)26-14-27-22(19)25-13-17-8-7-9-18(10-17)28-23(30)32-24(3,4)5/h6-12,14H,1,13H2,2-5H3,(H,28,30)(H,25,26,27). The number of esters is 1. The van der Waals surface area contributed by atoms with E-state index in [1.54, 1.807) is 18.2 Å². The number of carbonyl (C=O) groups is 2. The molecule has 1 heterocycles. The second kappa shape index (κ2) is 9.47. The predicted octanol–water partition coefficient (Wildman–Crippen LogP) is 5.16. The van der Waals surface area contributed by atoms with Gasteiger partial charge in [0.2, 0.25) is 0 Å². The van der Waals surface area contributed by atoms with Crippen molar-refractivity contribution in [3.05, 3.63) is 60.4 Å². The molecular formula is C24H26N4O4. The van der Waals surface area contributed by atoms with Gasteiger partial charge in [-0.2, -0.15) is 0 Å². The Hall–Kier alpha value is -3.94. The van der Waals surface area contributed by atoms with Crippen LogP contribution in [-0.4, -0.2) is 27.6 Å². The molecule has 8 nitrogen and oxygen atoms in total. The maximum absolute atomic E-state index is 12.0. The van der Waals surface area contributed by atoms with Gasteiger partial charge < -0.3 is 14.8 Å². The van der Waals surface area contributed by atoms with Gasteiger partial charge in [-0.15, -0.1) is 0 Å². The molecular weight excluding hydrogens is 408 g/mol. The number of anilines is 2. The molecule has 32 heavy (non-hydrogen) atoms. The second-order valence-electron chi connectivity index (χ2n) is 8.12. The maximum Gasteiger partial charge on any atom is 0.412 e. The first-order chi connectivity index (χ1) is 15.1. The van der Waals surface area contributed by atoms with Gasteiger partial charge in [-0.3, -0.25) is 10.1 Å². The van der Waals surface area contributed by atoms with E-state index in [2.05, 4.69) is 27.2 Å². The lowest BCUT2D eigenvalue weighted by molar-refractivity contribution is -0.131. The molecule has 1 amide bonds. The molecule has 1 aromatic heterocycles. The van der Waals surface area contributed by atoms with Gasteiger partial charge in [0.05, 0.1) is 0 Å². The van der Waals surface area contributed by atoms with E-state index in [1.807, 2.05) is 45.0 Å². The first kappa shape index (κ1) is 22.7. The Kier molecular flexibility index (Phi) is 6.73. The number of ether oxygens (including phenoxy) is 2. The van der Waals surface area contributed by atoms with E-state index in [9.17, 15) is 9.59 Å². The van der Waals surface area contributed by atoms with Crippen LogP contribution in [0.15, 0.2) is 49.3 Å². The van der Waals surface area contributed by atoms with Crippen LogP contribution in [0, 0.1) is 0 Å². The first-order valence-electron chi connectivity index (χ1n) is 10.1. The van der Waals surface area contributed by atoms with E-state index in [-0.39, 0.29) is 0 Å². The lowest BCUT2D eigenvalue weighted by Crippen LogP contribution is -2.27. The monoisotopic (exact) mass is 434 g/mol. The number of amides is 1. The Morgan fingerprint density at radius 2 is 1.94 bits per heavy atom. The van der Waals surface area contributed by atoms with Crippen LogP contribution in [0.25, 0.3) is 17.0 Å². The summed E-state index contributed by atoms with van der Waals surface area (Å²) in [6.07, 6.45) is 2.56. The number of fused-ring (bicyclic) bond motifs is 1. The highest BCUT2D eigenvalue weighted by Crippen LogP contribution is 2.30. The molecule has 0 radical (unpaired) electrons. The van der Waals surface area contributed by atoms with Gasteiger partial charge in [-0.25, -0.2) is 14.8 Å². The third-order valence-corrected chi connectivity index (χ3v) is 4.25. The van der Waals surface area contributed by atoms with E-state index in [0.717, 1.165) is 11.1 Å². The maximum atomic E-state index is 12.0. The summed E-state index contributed by atoms with van der Waals surface area (Å²) in [5.41, 5.74) is 2.26. The molecule has 2 N–H and O–H groups in total. The lowest BCUT2D eigenvalue weighted by atomic mass is 10.1. The number of rotatable bonds is 6. The van der Waals surface area contributed by atoms with Crippen LogP contribution in [0.4, 0.5) is 16.3 Å². The Balaban J connectivity index is 1.81. The number of nitrogens with zero attached hydrogens (tertiary/aromatic N) is 2. The van der Waals surface area contributed by atoms with Crippen molar-refractivity contribution in [3.8, 4) is 5.75 Å². The average Bonchev–Trinajstić information content (AvgIpc) is 2.70. The minimum absolute atomic E-state index is 0.346. The van der Waals surface area contributed by atoms with Gasteiger partial charge >= 0.3 is 12.1 Å². The van der Waals surface area contributed by atoms with E-state index in [4.69, 9.17) is 9.47 Å². The molecule has 3 aromatic rings. The number of nitrogens with one attached hydrogen (secondary N) is 2. The quantitative estimate of drug-likeness (QED) is 0.408. The van der Waals surface area contributed by atoms with Crippen LogP contribution in [0.2, 0.25) is 0 Å². The van der Waals surface area contributed by atoms with Crippen LogP contribution < -0.4 is 15.4 Å². The largest absolute Gasteiger partial charge is 0.444 e. The van der Waals surface area contributed by atoms with Crippen molar-refractivity contribution in [2.24, 2.45) is 0 Å². The normalized spacial score (nSPS) is 11.0. The zero-order valence-corrected chi connectivity index (χ0v) is 18.6. The molecule has 0 aliphatic heterocycles. The van der Waals surface area contributed by atoms with Gasteiger partial charge in [0, 0.05) is 24.5 Å². The lowest BCUT2D eigenvalue weighted by Gasteiger charge is -2.19. The van der Waals surface area contributed by atoms with Crippen LogP contribution in [0.5, 0.6) is 5.75 Å². The second-order valence-corrected chi connectivity index (χ2v) is 8.12. The highest BCUT2D eigenvalue weighted by atomic mass is 16.6. The minimum atomic E-state index is -0.577. The van der Waals surface area contributed by atoms with Crippen molar-refractivity contribution < 1.29 is 19.1 Å². The summed E-state index contributed by atoms with van der Waals surface area (Å²) in [5, 5.41) is 6.72. The van der Waals surface area contributed by atoms with Crippen molar-refractivity contribution in [2.45, 2.75) is 39.8 Å². The number of benzene rings is 2. The molecule has 2 aromatic carbocycles. The summed E-state index contributed by atoms with van der Waals surface area (Å²) in [5.74, 6) is 0.492. The molecule has 0 aliphatic rings. The SMILES string of the molecule is C=Cc1cc(OC(C)=O)c2ncnc(NCc3cccc(NC(=O)OC(C)(C)C)c3)c2c1. The molecule has 0 saturated heterocycles. The van der Waals surface area contributed by atoms with Crippen molar-refractivity contribution in [1.82, 2.24) is 9.97 Å². The summed E-state index contributed by atoms with van der Waals surface area (Å²) >= 11 is 0. The first-order valence-corrected chi connectivity index (χ1v) is 10.1. The van der Waals surface area contributed by atoms with Crippen LogP contribution in [0.1, 0.15) is 38.8 Å². The topological polar surface area (TPSA) is 102 Å². The van der Waals surface area contributed by atoms with Crippen molar-refractivity contribution in [2.75, 3.05) is 10.6 Å². The Morgan fingerprint density at radius 3 is 2.62 bits per heavy atom. The fourth-order valence-electron chi connectivity index (χ4n) is 3.01. The van der Waals surface area contributed by atoms with Crippen molar-refractivity contribution in [3.63, 3.8) is 0 Å². The molecule has 0 fully saturated rings. The molecule has 8 heteroatoms. The molecule has 0 atom stereocenters. The minimum Gasteiger partial charge on any atom is -0.444 e. The number of carbonyl (C=O) groups excluding carboxylic acids is 2. The van der Waals surface area contributed by atoms with Gasteiger partial charge in [-0.05, 0) is 56.2 Å². The van der Waals surface area contributed by atoms with Gasteiger partial charge in [0.1, 0.15) is 23.3 Å². The highest BCUT2D eigenvalue weighted by Gasteiger charge is 2.16. The Morgan fingerprint density at radius 1 is 1.16 bits per heavy atom. The Labute approximate surface area is 186 Å². The van der Waals surface area contributed by atoms with Crippen LogP contribution in [0.3, 0.4) is 0 Å². The van der Waals surface area contributed by atoms with Crippen LogP contribution in [-0.2, 0) is 16.1 Å². The Bertz CT molecular complexity index is 1170. The fraction of sp³-hybridized carbons (Fsp3) is 0.250. The zero-order valence-electron chi connectivity index (χ0n) is 18.6. The highest BCUT2D eigenvalue weighted by molar-refractivity contribution is 5.95. The van der Waals surface area contributed by atoms with Gasteiger partial charge in [0.15, 0.2) is 5.75 Å². The van der Waals surface area contributed by atoms with Crippen LogP contribution >= 0.6 is 0 Å². The smallest absolute Gasteiger partial charge is 0.412 e. The zero-order chi connectivity index (χ0) is 23.3. The number of hydrogen-bond acceptors (Lipinski definition) is 7. The molecule has 0 aliphatic carbocycles. The molecule has 166 valence electrons. The number of hydrogen-bond donors (Lipinski definition) is 2. The van der Waals surface area contributed by atoms with Crippen molar-refractivity contribution >= 4 is 40.5 Å². The number of aromatic nitrogens is 2. The van der Waals surface area contributed by atoms with E-state index in [0.29, 0.717) is 34.7 Å². The molecule has 0 spiro atoms. The molecule has 3 rings (SSSR count). The van der Waals surface area contributed by atoms with Gasteiger partial charge in [0.25, 0.3) is 0 Å². The predicted molar refractivity (Wildman–Crippen MR) is 125 cm³/mol. The van der Waals surface area contributed by atoms with Gasteiger partial charge in [-0.1, -0.05) is 24.8 Å². The molecule has 0 saturated carbocycles. The summed E-state index contributed by atoms with van der Waals surface area (Å²) in [6, 6.07) is 11.0. The summed E-state index contributed by atoms with van der Waals surface area (Å²) in [6.45, 7) is 11.0. The summed E-state index contributed by atoms with van der Waals surface area (Å²) < 4.78 is 10.6. The average molecular weight is 434 g/mol. The van der Waals surface area contributed by atoms with Crippen molar-refractivity contribution in [1.29, 1.82) is 0 Å². The molecule has 0 unspecified atom stereocenters. The van der Waals surface area contributed by atoms with E-state index in [1.165, 1.54) is 13.3 Å². The van der Waals surface area contributed by atoms with E-state index >= 15 is 0 Å². The fourth-order valence-corrected chi connectivity index (χ4v) is 3.01. The third-order valence-electron chi connectivity index (χ3n) is 4.25.